The van der Waals surface area contributed by atoms with Crippen molar-refractivity contribution in [3.8, 4) is 0 Å². The van der Waals surface area contributed by atoms with Gasteiger partial charge in [0.05, 0.1) is 24.4 Å². The van der Waals surface area contributed by atoms with Gasteiger partial charge in [0.15, 0.2) is 6.29 Å². The first-order valence-electron chi connectivity index (χ1n) is 7.17. The highest BCUT2D eigenvalue weighted by Gasteiger charge is 2.45. The Labute approximate surface area is 123 Å². The molecule has 0 spiro atoms. The molecule has 0 unspecified atom stereocenters. The molecule has 0 aromatic heterocycles. The molecule has 1 heterocycles. The summed E-state index contributed by atoms with van der Waals surface area (Å²) in [5, 5.41) is 29.7. The predicted molar refractivity (Wildman–Crippen MR) is 73.8 cm³/mol. The summed E-state index contributed by atoms with van der Waals surface area (Å²) in [7, 11) is 0. The predicted octanol–water partition coefficient (Wildman–Crippen LogP) is -4.09. The number of hydrogen-bond donors (Lipinski definition) is 7. The fraction of sp³-hybridized carbons (Fsp3) is 1.00. The molecule has 9 atom stereocenters. The summed E-state index contributed by atoms with van der Waals surface area (Å²) in [4.78, 5) is 0. The van der Waals surface area contributed by atoms with E-state index >= 15 is 0 Å². The van der Waals surface area contributed by atoms with E-state index in [1.165, 1.54) is 0 Å². The van der Waals surface area contributed by atoms with Gasteiger partial charge in [0.1, 0.15) is 12.2 Å². The zero-order valence-corrected chi connectivity index (χ0v) is 11.8. The Morgan fingerprint density at radius 2 is 1.62 bits per heavy atom. The summed E-state index contributed by atoms with van der Waals surface area (Å²) in [6.07, 6.45) is -4.79. The minimum atomic E-state index is -1.22. The van der Waals surface area contributed by atoms with Gasteiger partial charge >= 0.3 is 0 Å². The van der Waals surface area contributed by atoms with Gasteiger partial charge in [-0.1, -0.05) is 0 Å². The Kier molecular flexibility index (Phi) is 5.52. The molecule has 1 aliphatic heterocycles. The maximum Gasteiger partial charge on any atom is 0.173 e. The fourth-order valence-corrected chi connectivity index (χ4v) is 2.88. The standard InChI is InChI=1S/C12H26N4O5/c13-3-8-7(17)2-6(16)12(20-8)21-11-5(15)1-4(14)9(18)10(11)19/h4-12,17-19H,1-3,13-16H2/t4-,5-,6-,7+,8+,9+,10-,11-,12-/m1/s1. The Morgan fingerprint density at radius 1 is 0.952 bits per heavy atom. The van der Waals surface area contributed by atoms with Crippen LogP contribution in [0.3, 0.4) is 0 Å². The number of aliphatic hydroxyl groups excluding tert-OH is 3. The van der Waals surface area contributed by atoms with Crippen LogP contribution in [0.5, 0.6) is 0 Å². The van der Waals surface area contributed by atoms with Gasteiger partial charge in [-0.3, -0.25) is 0 Å². The van der Waals surface area contributed by atoms with Gasteiger partial charge in [-0.25, -0.2) is 0 Å². The Bertz CT molecular complexity index is 350. The fourth-order valence-electron chi connectivity index (χ4n) is 2.88. The van der Waals surface area contributed by atoms with E-state index < -0.39 is 54.9 Å². The van der Waals surface area contributed by atoms with Crippen LogP contribution in [0.2, 0.25) is 0 Å². The zero-order valence-electron chi connectivity index (χ0n) is 11.8. The van der Waals surface area contributed by atoms with Crippen molar-refractivity contribution in [2.24, 2.45) is 22.9 Å². The van der Waals surface area contributed by atoms with Gasteiger partial charge in [-0.15, -0.1) is 0 Å². The van der Waals surface area contributed by atoms with E-state index in [4.69, 9.17) is 32.4 Å². The van der Waals surface area contributed by atoms with Gasteiger partial charge in [0.2, 0.25) is 0 Å². The van der Waals surface area contributed by atoms with E-state index in [1.807, 2.05) is 0 Å². The Hall–Kier alpha value is -0.360. The second kappa shape index (κ2) is 6.82. The lowest BCUT2D eigenvalue weighted by Gasteiger charge is -2.44. The molecule has 0 radical (unpaired) electrons. The smallest absolute Gasteiger partial charge is 0.173 e. The first-order chi connectivity index (χ1) is 9.85. The molecule has 2 rings (SSSR count). The molecule has 2 fully saturated rings. The number of ether oxygens (including phenoxy) is 2. The van der Waals surface area contributed by atoms with Gasteiger partial charge in [-0.05, 0) is 12.8 Å². The van der Waals surface area contributed by atoms with Gasteiger partial charge in [0.25, 0.3) is 0 Å². The largest absolute Gasteiger partial charge is 0.390 e. The minimum Gasteiger partial charge on any atom is -0.390 e. The van der Waals surface area contributed by atoms with Crippen molar-refractivity contribution in [3.63, 3.8) is 0 Å². The van der Waals surface area contributed by atoms with E-state index in [0.29, 0.717) is 6.42 Å². The molecule has 0 bridgehead atoms. The summed E-state index contributed by atoms with van der Waals surface area (Å²) in [5.41, 5.74) is 23.0. The first kappa shape index (κ1) is 17.0. The SMILES string of the molecule is NC[C@@H]1O[C@H](O[C@H]2[C@H](O)[C@@H](O)[C@H](N)C[C@H]2N)[C@H](N)C[C@@H]1O. The van der Waals surface area contributed by atoms with Crippen molar-refractivity contribution in [3.05, 3.63) is 0 Å². The van der Waals surface area contributed by atoms with Crippen molar-refractivity contribution < 1.29 is 24.8 Å². The maximum absolute atomic E-state index is 10.1. The third-order valence-corrected chi connectivity index (χ3v) is 4.22. The number of hydrogen-bond acceptors (Lipinski definition) is 9. The highest BCUT2D eigenvalue weighted by molar-refractivity contribution is 4.98. The maximum atomic E-state index is 10.1. The monoisotopic (exact) mass is 306 g/mol. The molecule has 0 aromatic rings. The van der Waals surface area contributed by atoms with E-state index in [-0.39, 0.29) is 13.0 Å². The topological polar surface area (TPSA) is 183 Å². The van der Waals surface area contributed by atoms with Crippen molar-refractivity contribution in [1.29, 1.82) is 0 Å². The lowest BCUT2D eigenvalue weighted by Crippen LogP contribution is -2.64. The minimum absolute atomic E-state index is 0.126. The van der Waals surface area contributed by atoms with Crippen LogP contribution in [0, 0.1) is 0 Å². The molecule has 2 aliphatic rings. The first-order valence-corrected chi connectivity index (χ1v) is 7.17. The molecule has 21 heavy (non-hydrogen) atoms. The second-order valence-electron chi connectivity index (χ2n) is 5.89. The van der Waals surface area contributed by atoms with E-state index in [1.54, 1.807) is 0 Å². The zero-order chi connectivity index (χ0) is 15.7. The molecular formula is C12H26N4O5. The third kappa shape index (κ3) is 3.52. The molecule has 1 saturated carbocycles. The summed E-state index contributed by atoms with van der Waals surface area (Å²) in [6.45, 7) is 0.126. The molecule has 9 nitrogen and oxygen atoms in total. The molecule has 1 saturated heterocycles. The molecule has 0 aromatic carbocycles. The highest BCUT2D eigenvalue weighted by Crippen LogP contribution is 2.26. The van der Waals surface area contributed by atoms with E-state index in [0.717, 1.165) is 0 Å². The molecule has 1 aliphatic carbocycles. The van der Waals surface area contributed by atoms with Crippen molar-refractivity contribution in [2.45, 2.75) is 67.8 Å². The van der Waals surface area contributed by atoms with Crippen LogP contribution < -0.4 is 22.9 Å². The van der Waals surface area contributed by atoms with Crippen LogP contribution in [0.1, 0.15) is 12.8 Å². The van der Waals surface area contributed by atoms with Crippen LogP contribution in [-0.2, 0) is 9.47 Å². The van der Waals surface area contributed by atoms with Crippen LogP contribution in [0.4, 0.5) is 0 Å². The number of nitrogens with two attached hydrogens (primary N) is 4. The quantitative estimate of drug-likeness (QED) is 0.272. The lowest BCUT2D eigenvalue weighted by atomic mass is 9.84. The molecular weight excluding hydrogens is 280 g/mol. The molecule has 11 N–H and O–H groups in total. The Balaban J connectivity index is 2.02. The summed E-state index contributed by atoms with van der Waals surface area (Å²) >= 11 is 0. The number of rotatable bonds is 3. The molecule has 9 heteroatoms. The average Bonchev–Trinajstić information content (AvgIpc) is 2.43. The van der Waals surface area contributed by atoms with Crippen LogP contribution in [0.25, 0.3) is 0 Å². The second-order valence-corrected chi connectivity index (χ2v) is 5.89. The van der Waals surface area contributed by atoms with Gasteiger partial charge in [-0.2, -0.15) is 0 Å². The third-order valence-electron chi connectivity index (χ3n) is 4.22. The van der Waals surface area contributed by atoms with Crippen LogP contribution in [0.15, 0.2) is 0 Å². The van der Waals surface area contributed by atoms with E-state index in [9.17, 15) is 15.3 Å². The van der Waals surface area contributed by atoms with Gasteiger partial charge < -0.3 is 47.7 Å². The summed E-state index contributed by atoms with van der Waals surface area (Å²) in [6, 6.07) is -1.72. The molecule has 124 valence electrons. The van der Waals surface area contributed by atoms with Crippen LogP contribution >= 0.6 is 0 Å². The normalized spacial score (nSPS) is 51.9. The Morgan fingerprint density at radius 3 is 2.24 bits per heavy atom. The van der Waals surface area contributed by atoms with Crippen molar-refractivity contribution in [1.82, 2.24) is 0 Å². The number of aliphatic hydroxyl groups is 3. The molecule has 0 amide bonds. The van der Waals surface area contributed by atoms with E-state index in [2.05, 4.69) is 0 Å². The van der Waals surface area contributed by atoms with Crippen molar-refractivity contribution >= 4 is 0 Å². The summed E-state index contributed by atoms with van der Waals surface area (Å²) in [5.74, 6) is 0. The van der Waals surface area contributed by atoms with Crippen LogP contribution in [-0.4, -0.2) is 76.8 Å². The van der Waals surface area contributed by atoms with Gasteiger partial charge in [0, 0.05) is 18.6 Å². The highest BCUT2D eigenvalue weighted by atomic mass is 16.7. The van der Waals surface area contributed by atoms with Crippen molar-refractivity contribution in [2.75, 3.05) is 6.54 Å². The average molecular weight is 306 g/mol. The lowest BCUT2D eigenvalue weighted by molar-refractivity contribution is -0.268. The summed E-state index contributed by atoms with van der Waals surface area (Å²) < 4.78 is 11.2.